The lowest BCUT2D eigenvalue weighted by atomic mass is 9.97. The van der Waals surface area contributed by atoms with E-state index in [9.17, 15) is 0 Å². The van der Waals surface area contributed by atoms with Gasteiger partial charge in [-0.3, -0.25) is 0 Å². The normalized spacial score (nSPS) is 12.7. The Morgan fingerprint density at radius 1 is 1.00 bits per heavy atom. The van der Waals surface area contributed by atoms with E-state index < -0.39 is 0 Å². The van der Waals surface area contributed by atoms with Crippen molar-refractivity contribution in [3.63, 3.8) is 0 Å². The summed E-state index contributed by atoms with van der Waals surface area (Å²) >= 11 is 6.60. The summed E-state index contributed by atoms with van der Waals surface area (Å²) in [7, 11) is 0. The Morgan fingerprint density at radius 3 is 2.65 bits per heavy atom. The van der Waals surface area contributed by atoms with Crippen molar-refractivity contribution in [3.05, 3.63) is 120 Å². The maximum Gasteiger partial charge on any atom is 0.176 e. The number of pyridine rings is 1. The standard InChI is InChI=1S/C31H27ClN5/c1-2-36-16-13-25(14-17-36)37-18-15-26-23(21-37)9-6-10-29(26)34-24-11-12-28(32)27(19-24)31-33-20-30(35-31)22-7-4-3-5-8-22/h2-14,16-17,19-20,34H,1,15,18,21H2,(H,33,35)/q+1. The molecule has 0 aliphatic carbocycles. The molecule has 37 heavy (non-hydrogen) atoms. The molecule has 0 fully saturated rings. The summed E-state index contributed by atoms with van der Waals surface area (Å²) in [4.78, 5) is 10.4. The van der Waals surface area contributed by atoms with Crippen LogP contribution in [0.1, 0.15) is 11.1 Å². The summed E-state index contributed by atoms with van der Waals surface area (Å²) in [6.45, 7) is 5.66. The molecule has 3 heterocycles. The van der Waals surface area contributed by atoms with Crippen molar-refractivity contribution in [2.75, 3.05) is 16.8 Å². The molecular weight excluding hydrogens is 478 g/mol. The molecule has 6 heteroatoms. The summed E-state index contributed by atoms with van der Waals surface area (Å²) < 4.78 is 1.95. The van der Waals surface area contributed by atoms with Crippen molar-refractivity contribution in [2.24, 2.45) is 0 Å². The predicted molar refractivity (Wildman–Crippen MR) is 152 cm³/mol. The van der Waals surface area contributed by atoms with Gasteiger partial charge in [0.15, 0.2) is 18.6 Å². The van der Waals surface area contributed by atoms with E-state index in [0.29, 0.717) is 5.02 Å². The highest BCUT2D eigenvalue weighted by atomic mass is 35.5. The fraction of sp³-hybridized carbons (Fsp3) is 0.0968. The number of aromatic amines is 1. The summed E-state index contributed by atoms with van der Waals surface area (Å²) in [5, 5.41) is 4.30. The first-order chi connectivity index (χ1) is 18.2. The molecule has 182 valence electrons. The molecule has 0 unspecified atom stereocenters. The Balaban J connectivity index is 1.24. The number of benzene rings is 3. The Morgan fingerprint density at radius 2 is 1.84 bits per heavy atom. The van der Waals surface area contributed by atoms with Gasteiger partial charge in [0.2, 0.25) is 0 Å². The molecule has 5 nitrogen and oxygen atoms in total. The topological polar surface area (TPSA) is 47.8 Å². The van der Waals surface area contributed by atoms with Crippen molar-refractivity contribution in [1.29, 1.82) is 0 Å². The summed E-state index contributed by atoms with van der Waals surface area (Å²) in [6, 6.07) is 26.9. The lowest BCUT2D eigenvalue weighted by Crippen LogP contribution is -2.32. The van der Waals surface area contributed by atoms with Gasteiger partial charge in [-0.25, -0.2) is 4.98 Å². The van der Waals surface area contributed by atoms with Crippen molar-refractivity contribution < 1.29 is 4.57 Å². The lowest BCUT2D eigenvalue weighted by Gasteiger charge is -2.31. The zero-order valence-corrected chi connectivity index (χ0v) is 21.1. The molecule has 1 aliphatic rings. The van der Waals surface area contributed by atoms with Crippen LogP contribution in [0.2, 0.25) is 5.02 Å². The number of nitrogens with one attached hydrogen (secondary N) is 2. The smallest absolute Gasteiger partial charge is 0.176 e. The molecule has 5 aromatic rings. The van der Waals surface area contributed by atoms with E-state index in [1.165, 1.54) is 16.8 Å². The number of fused-ring (bicyclic) bond motifs is 1. The van der Waals surface area contributed by atoms with Crippen LogP contribution in [-0.2, 0) is 13.0 Å². The number of nitrogens with zero attached hydrogens (tertiary/aromatic N) is 3. The fourth-order valence-corrected chi connectivity index (χ4v) is 5.08. The largest absolute Gasteiger partial charge is 0.366 e. The van der Waals surface area contributed by atoms with E-state index in [-0.39, 0.29) is 0 Å². The number of hydrogen-bond donors (Lipinski definition) is 2. The number of rotatable bonds is 6. The number of imidazole rings is 1. The second kappa shape index (κ2) is 9.96. The van der Waals surface area contributed by atoms with Crippen LogP contribution < -0.4 is 14.8 Å². The lowest BCUT2D eigenvalue weighted by molar-refractivity contribution is -0.567. The number of aromatic nitrogens is 3. The van der Waals surface area contributed by atoms with Gasteiger partial charge < -0.3 is 15.2 Å². The van der Waals surface area contributed by atoms with Gasteiger partial charge >= 0.3 is 0 Å². The molecule has 0 spiro atoms. The maximum atomic E-state index is 6.60. The molecule has 0 saturated carbocycles. The third-order valence-corrected chi connectivity index (χ3v) is 7.17. The van der Waals surface area contributed by atoms with Gasteiger partial charge in [0, 0.05) is 47.8 Å². The SMILES string of the molecule is C=C[n+]1ccc(N2CCc3c(cccc3Nc3ccc(Cl)c(-c4ncc(-c5ccccc5)[nH]4)c3)C2)cc1. The highest BCUT2D eigenvalue weighted by Crippen LogP contribution is 2.34. The zero-order valence-electron chi connectivity index (χ0n) is 20.4. The molecule has 6 rings (SSSR count). The highest BCUT2D eigenvalue weighted by Gasteiger charge is 2.20. The van der Waals surface area contributed by atoms with Crippen molar-refractivity contribution >= 4 is 34.9 Å². The van der Waals surface area contributed by atoms with E-state index in [0.717, 1.165) is 53.5 Å². The van der Waals surface area contributed by atoms with E-state index in [4.69, 9.17) is 11.6 Å². The van der Waals surface area contributed by atoms with Crippen LogP contribution in [0.3, 0.4) is 0 Å². The van der Waals surface area contributed by atoms with E-state index in [1.807, 2.05) is 53.5 Å². The van der Waals surface area contributed by atoms with Gasteiger partial charge in [0.1, 0.15) is 5.82 Å². The molecular formula is C31H27ClN5+. The Kier molecular flexibility index (Phi) is 6.21. The zero-order chi connectivity index (χ0) is 25.2. The molecule has 0 amide bonds. The predicted octanol–water partition coefficient (Wildman–Crippen LogP) is 7.09. The van der Waals surface area contributed by atoms with Crippen LogP contribution in [0.15, 0.2) is 104 Å². The Bertz CT molecular complexity index is 1560. The molecule has 0 saturated heterocycles. The second-order valence-corrected chi connectivity index (χ2v) is 9.54. The number of hydrogen-bond acceptors (Lipinski definition) is 3. The second-order valence-electron chi connectivity index (χ2n) is 9.13. The highest BCUT2D eigenvalue weighted by molar-refractivity contribution is 6.33. The van der Waals surface area contributed by atoms with E-state index in [2.05, 4.69) is 75.3 Å². The number of halogens is 1. The summed E-state index contributed by atoms with van der Waals surface area (Å²) in [5.41, 5.74) is 8.94. The molecule has 2 N–H and O–H groups in total. The van der Waals surface area contributed by atoms with E-state index in [1.54, 1.807) is 6.20 Å². The van der Waals surface area contributed by atoms with Crippen LogP contribution in [0.4, 0.5) is 17.1 Å². The van der Waals surface area contributed by atoms with Crippen LogP contribution in [0.5, 0.6) is 0 Å². The average molecular weight is 505 g/mol. The molecule has 0 atom stereocenters. The quantitative estimate of drug-likeness (QED) is 0.243. The van der Waals surface area contributed by atoms with Gasteiger partial charge in [-0.2, -0.15) is 4.57 Å². The molecule has 0 bridgehead atoms. The first kappa shape index (κ1) is 23.1. The molecule has 0 radical (unpaired) electrons. The Labute approximate surface area is 221 Å². The Hall–Kier alpha value is -4.35. The monoisotopic (exact) mass is 504 g/mol. The number of anilines is 3. The van der Waals surface area contributed by atoms with Gasteiger partial charge in [-0.1, -0.05) is 54.1 Å². The van der Waals surface area contributed by atoms with Crippen LogP contribution in [0, 0.1) is 0 Å². The summed E-state index contributed by atoms with van der Waals surface area (Å²) in [5.74, 6) is 0.749. The maximum absolute atomic E-state index is 6.60. The fourth-order valence-electron chi connectivity index (χ4n) is 4.87. The van der Waals surface area contributed by atoms with Gasteiger partial charge in [0.25, 0.3) is 0 Å². The van der Waals surface area contributed by atoms with E-state index >= 15 is 0 Å². The minimum Gasteiger partial charge on any atom is -0.366 e. The first-order valence-electron chi connectivity index (χ1n) is 12.3. The third-order valence-electron chi connectivity index (χ3n) is 6.84. The first-order valence-corrected chi connectivity index (χ1v) is 12.7. The minimum atomic E-state index is 0.658. The van der Waals surface area contributed by atoms with Gasteiger partial charge in [-0.15, -0.1) is 0 Å². The van der Waals surface area contributed by atoms with Gasteiger partial charge in [0.05, 0.1) is 16.9 Å². The minimum absolute atomic E-state index is 0.658. The molecule has 3 aromatic carbocycles. The summed E-state index contributed by atoms with van der Waals surface area (Å²) in [6.07, 6.45) is 8.69. The van der Waals surface area contributed by atoms with Gasteiger partial charge in [-0.05, 0) is 54.0 Å². The third kappa shape index (κ3) is 4.74. The average Bonchev–Trinajstić information content (AvgIpc) is 3.45. The van der Waals surface area contributed by atoms with Crippen molar-refractivity contribution in [2.45, 2.75) is 13.0 Å². The molecule has 1 aliphatic heterocycles. The number of H-pyrrole nitrogens is 1. The van der Waals surface area contributed by atoms with Crippen LogP contribution in [0.25, 0.3) is 28.8 Å². The molecule has 2 aromatic heterocycles. The van der Waals surface area contributed by atoms with Crippen LogP contribution >= 0.6 is 11.6 Å². The van der Waals surface area contributed by atoms with Crippen molar-refractivity contribution in [1.82, 2.24) is 9.97 Å². The van der Waals surface area contributed by atoms with Crippen LogP contribution in [-0.4, -0.2) is 16.5 Å². The van der Waals surface area contributed by atoms with Crippen molar-refractivity contribution in [3.8, 4) is 22.6 Å².